The first-order valence-corrected chi connectivity index (χ1v) is 6.90. The molecule has 0 amide bonds. The molecule has 4 heteroatoms. The van der Waals surface area contributed by atoms with Gasteiger partial charge in [-0.05, 0) is 35.4 Å². The van der Waals surface area contributed by atoms with Crippen LogP contribution >= 0.6 is 0 Å². The lowest BCUT2D eigenvalue weighted by atomic mass is 10.0. The van der Waals surface area contributed by atoms with Crippen molar-refractivity contribution in [1.82, 2.24) is 9.97 Å². The van der Waals surface area contributed by atoms with Gasteiger partial charge in [0.15, 0.2) is 0 Å². The zero-order valence-corrected chi connectivity index (χ0v) is 11.6. The highest BCUT2D eigenvalue weighted by molar-refractivity contribution is 5.69. The molecule has 0 unspecified atom stereocenters. The minimum Gasteiger partial charge on any atom is -0.445 e. The number of aromatic nitrogens is 2. The summed E-state index contributed by atoms with van der Waals surface area (Å²) < 4.78 is 10.6. The second-order valence-corrected chi connectivity index (χ2v) is 4.83. The molecule has 0 N–H and O–H groups in total. The molecule has 4 rings (SSSR count). The first-order chi connectivity index (χ1) is 10.9. The molecule has 2 aromatic heterocycles. The van der Waals surface area contributed by atoms with Gasteiger partial charge in [-0.15, -0.1) is 0 Å². The number of benzene rings is 2. The van der Waals surface area contributed by atoms with Gasteiger partial charge in [-0.25, -0.2) is 9.97 Å². The van der Waals surface area contributed by atoms with Gasteiger partial charge in [0.1, 0.15) is 12.5 Å². The predicted molar refractivity (Wildman–Crippen MR) is 82.9 cm³/mol. The maximum absolute atomic E-state index is 5.29. The van der Waals surface area contributed by atoms with E-state index in [1.54, 1.807) is 24.9 Å². The van der Waals surface area contributed by atoms with E-state index in [-0.39, 0.29) is 0 Å². The summed E-state index contributed by atoms with van der Waals surface area (Å²) in [5.41, 5.74) is 4.19. The summed E-state index contributed by atoms with van der Waals surface area (Å²) in [5, 5.41) is 0. The lowest BCUT2D eigenvalue weighted by Crippen LogP contribution is -1.82. The maximum atomic E-state index is 5.29. The van der Waals surface area contributed by atoms with E-state index in [9.17, 15) is 0 Å². The topological polar surface area (TPSA) is 52.1 Å². The fourth-order valence-electron chi connectivity index (χ4n) is 2.34. The molecule has 0 aliphatic heterocycles. The van der Waals surface area contributed by atoms with Crippen molar-refractivity contribution in [2.75, 3.05) is 0 Å². The maximum Gasteiger partial charge on any atom is 0.225 e. The molecule has 0 radical (unpaired) electrons. The molecule has 0 fully saturated rings. The Morgan fingerprint density at radius 2 is 0.864 bits per heavy atom. The molecule has 0 spiro atoms. The minimum absolute atomic E-state index is 0.630. The summed E-state index contributed by atoms with van der Waals surface area (Å²) >= 11 is 0. The molecular weight excluding hydrogens is 276 g/mol. The Labute approximate surface area is 127 Å². The summed E-state index contributed by atoms with van der Waals surface area (Å²) in [4.78, 5) is 8.29. The van der Waals surface area contributed by atoms with Crippen LogP contribution in [0.25, 0.3) is 34.0 Å². The van der Waals surface area contributed by atoms with Crippen LogP contribution in [0.2, 0.25) is 0 Å². The van der Waals surface area contributed by atoms with Crippen molar-refractivity contribution in [1.29, 1.82) is 0 Å². The van der Waals surface area contributed by atoms with Gasteiger partial charge < -0.3 is 8.83 Å². The molecule has 0 saturated heterocycles. The van der Waals surface area contributed by atoms with Gasteiger partial charge in [-0.2, -0.15) is 0 Å². The van der Waals surface area contributed by atoms with Crippen LogP contribution in [0.15, 0.2) is 82.3 Å². The van der Waals surface area contributed by atoms with Crippen molar-refractivity contribution in [3.05, 3.63) is 73.5 Å². The summed E-state index contributed by atoms with van der Waals surface area (Å²) in [6, 6.07) is 16.2. The Morgan fingerprint density at radius 1 is 0.500 bits per heavy atom. The fraction of sp³-hybridized carbons (Fsp3) is 0. The molecule has 2 aromatic carbocycles. The molecule has 0 aliphatic carbocycles. The van der Waals surface area contributed by atoms with E-state index < -0.39 is 0 Å². The Kier molecular flexibility index (Phi) is 3.05. The second-order valence-electron chi connectivity index (χ2n) is 4.83. The lowest BCUT2D eigenvalue weighted by Gasteiger charge is -2.04. The predicted octanol–water partition coefficient (Wildman–Crippen LogP) is 4.66. The van der Waals surface area contributed by atoms with Gasteiger partial charge in [0.2, 0.25) is 11.8 Å². The first kappa shape index (κ1) is 12.6. The van der Waals surface area contributed by atoms with E-state index in [0.29, 0.717) is 11.8 Å². The van der Waals surface area contributed by atoms with Gasteiger partial charge in [0, 0.05) is 11.1 Å². The van der Waals surface area contributed by atoms with Crippen molar-refractivity contribution < 1.29 is 8.83 Å². The van der Waals surface area contributed by atoms with Gasteiger partial charge >= 0.3 is 0 Å². The molecule has 0 aliphatic rings. The van der Waals surface area contributed by atoms with Gasteiger partial charge in [0.25, 0.3) is 0 Å². The summed E-state index contributed by atoms with van der Waals surface area (Å²) in [6.07, 6.45) is 6.44. The normalized spacial score (nSPS) is 10.7. The smallest absolute Gasteiger partial charge is 0.225 e. The minimum atomic E-state index is 0.630. The van der Waals surface area contributed by atoms with Crippen molar-refractivity contribution in [2.45, 2.75) is 0 Å². The Balaban J connectivity index is 1.62. The molecule has 0 atom stereocenters. The lowest BCUT2D eigenvalue weighted by molar-refractivity contribution is 0.574. The average molecular weight is 288 g/mol. The van der Waals surface area contributed by atoms with Crippen LogP contribution in [-0.2, 0) is 0 Å². The highest BCUT2D eigenvalue weighted by Gasteiger charge is 2.05. The van der Waals surface area contributed by atoms with E-state index in [2.05, 4.69) is 34.2 Å². The average Bonchev–Trinajstić information content (AvgIpc) is 3.29. The molecule has 0 bridgehead atoms. The molecule has 4 aromatic rings. The summed E-state index contributed by atoms with van der Waals surface area (Å²) in [5.74, 6) is 1.26. The summed E-state index contributed by atoms with van der Waals surface area (Å²) in [7, 11) is 0. The van der Waals surface area contributed by atoms with Crippen LogP contribution in [0.3, 0.4) is 0 Å². The third-order valence-corrected chi connectivity index (χ3v) is 3.46. The van der Waals surface area contributed by atoms with E-state index in [0.717, 1.165) is 22.3 Å². The van der Waals surface area contributed by atoms with Gasteiger partial charge in [-0.1, -0.05) is 24.3 Å². The first-order valence-electron chi connectivity index (χ1n) is 6.90. The van der Waals surface area contributed by atoms with E-state index in [1.165, 1.54) is 0 Å². The highest BCUT2D eigenvalue weighted by atomic mass is 16.3. The van der Waals surface area contributed by atoms with Crippen LogP contribution in [0, 0.1) is 0 Å². The monoisotopic (exact) mass is 288 g/mol. The van der Waals surface area contributed by atoms with E-state index in [1.807, 2.05) is 24.3 Å². The van der Waals surface area contributed by atoms with E-state index in [4.69, 9.17) is 8.83 Å². The molecule has 22 heavy (non-hydrogen) atoms. The van der Waals surface area contributed by atoms with Crippen molar-refractivity contribution >= 4 is 0 Å². The number of rotatable bonds is 3. The Morgan fingerprint density at radius 3 is 1.18 bits per heavy atom. The molecular formula is C18H12N2O2. The number of nitrogens with zero attached hydrogens (tertiary/aromatic N) is 2. The van der Waals surface area contributed by atoms with Crippen LogP contribution < -0.4 is 0 Å². The quantitative estimate of drug-likeness (QED) is 0.550. The molecule has 2 heterocycles. The zero-order valence-electron chi connectivity index (χ0n) is 11.6. The fourth-order valence-corrected chi connectivity index (χ4v) is 2.34. The number of oxazole rings is 2. The number of hydrogen-bond acceptors (Lipinski definition) is 4. The van der Waals surface area contributed by atoms with Crippen LogP contribution in [0.4, 0.5) is 0 Å². The number of hydrogen-bond donors (Lipinski definition) is 0. The summed E-state index contributed by atoms with van der Waals surface area (Å²) in [6.45, 7) is 0. The SMILES string of the molecule is c1coc(-c2ccc(-c3ccc(-c4ncco4)cc3)cc2)n1. The van der Waals surface area contributed by atoms with Gasteiger partial charge in [0.05, 0.1) is 12.4 Å². The third-order valence-electron chi connectivity index (χ3n) is 3.46. The van der Waals surface area contributed by atoms with Crippen molar-refractivity contribution in [3.8, 4) is 34.0 Å². The van der Waals surface area contributed by atoms with Crippen LogP contribution in [0.5, 0.6) is 0 Å². The zero-order chi connectivity index (χ0) is 14.8. The highest BCUT2D eigenvalue weighted by Crippen LogP contribution is 2.26. The van der Waals surface area contributed by atoms with Crippen LogP contribution in [-0.4, -0.2) is 9.97 Å². The van der Waals surface area contributed by atoms with Crippen molar-refractivity contribution in [2.24, 2.45) is 0 Å². The standard InChI is InChI=1S/C18H12N2O2/c1-5-15(17-19-9-11-21-17)6-2-13(1)14-3-7-16(8-4-14)18-20-10-12-22-18/h1-12H. The second kappa shape index (κ2) is 5.33. The van der Waals surface area contributed by atoms with Crippen LogP contribution in [0.1, 0.15) is 0 Å². The van der Waals surface area contributed by atoms with Crippen molar-refractivity contribution in [3.63, 3.8) is 0 Å². The Bertz CT molecular complexity index is 771. The largest absolute Gasteiger partial charge is 0.445 e. The molecule has 4 nitrogen and oxygen atoms in total. The molecule has 0 saturated carbocycles. The van der Waals surface area contributed by atoms with E-state index >= 15 is 0 Å². The van der Waals surface area contributed by atoms with Gasteiger partial charge in [-0.3, -0.25) is 0 Å². The third kappa shape index (κ3) is 2.31. The Hall–Kier alpha value is -3.14. The molecule has 106 valence electrons.